The molecule has 0 heterocycles. The second-order valence-electron chi connectivity index (χ2n) is 4.67. The Morgan fingerprint density at radius 1 is 1.10 bits per heavy atom. The number of hydrogen-bond donors (Lipinski definition) is 0. The van der Waals surface area contributed by atoms with Crippen LogP contribution in [0, 0.1) is 5.82 Å². The number of rotatable bonds is 6. The Bertz CT molecular complexity index is 590. The van der Waals surface area contributed by atoms with E-state index in [1.165, 1.54) is 24.3 Å². The lowest BCUT2D eigenvalue weighted by atomic mass is 10.1. The summed E-state index contributed by atoms with van der Waals surface area (Å²) in [5, 5.41) is 0. The second-order valence-corrected chi connectivity index (χ2v) is 4.67. The Hall–Kier alpha value is -2.20. The van der Waals surface area contributed by atoms with E-state index in [1.807, 2.05) is 24.3 Å². The minimum atomic E-state index is -0.586. The first-order valence-electron chi connectivity index (χ1n) is 6.64. The Kier molecular flexibility index (Phi) is 5.06. The normalized spacial score (nSPS) is 12.0. The van der Waals surface area contributed by atoms with Crippen LogP contribution in [0.15, 0.2) is 48.5 Å². The van der Waals surface area contributed by atoms with Gasteiger partial charge >= 0.3 is 0 Å². The molecule has 2 aromatic carbocycles. The van der Waals surface area contributed by atoms with Crippen LogP contribution in [0.4, 0.5) is 4.39 Å². The molecule has 1 atom stereocenters. The maximum atomic E-state index is 12.8. The lowest BCUT2D eigenvalue weighted by Crippen LogP contribution is -2.20. The van der Waals surface area contributed by atoms with Gasteiger partial charge in [-0.3, -0.25) is 4.79 Å². The van der Waals surface area contributed by atoms with Gasteiger partial charge in [-0.2, -0.15) is 0 Å². The molecule has 0 spiro atoms. The average Bonchev–Trinajstić information content (AvgIpc) is 2.53. The first-order valence-corrected chi connectivity index (χ1v) is 6.64. The highest BCUT2D eigenvalue weighted by Crippen LogP contribution is 2.14. The van der Waals surface area contributed by atoms with Gasteiger partial charge in [0.25, 0.3) is 0 Å². The van der Waals surface area contributed by atoms with Crippen molar-refractivity contribution in [2.75, 3.05) is 7.11 Å². The van der Waals surface area contributed by atoms with Crippen molar-refractivity contribution in [1.29, 1.82) is 0 Å². The molecule has 0 aliphatic carbocycles. The summed E-state index contributed by atoms with van der Waals surface area (Å²) in [5.74, 6) is 0.246. The van der Waals surface area contributed by atoms with Crippen molar-refractivity contribution in [3.05, 3.63) is 65.5 Å². The Balaban J connectivity index is 1.92. The van der Waals surface area contributed by atoms with E-state index in [4.69, 9.17) is 9.47 Å². The quantitative estimate of drug-likeness (QED) is 0.762. The number of carbonyl (C=O) groups is 1. The number of benzene rings is 2. The van der Waals surface area contributed by atoms with Crippen LogP contribution in [-0.2, 0) is 11.3 Å². The van der Waals surface area contributed by atoms with E-state index in [1.54, 1.807) is 14.0 Å². The molecular formula is C17H17FO3. The summed E-state index contributed by atoms with van der Waals surface area (Å²) >= 11 is 0. The highest BCUT2D eigenvalue weighted by Gasteiger charge is 2.15. The fourth-order valence-corrected chi connectivity index (χ4v) is 1.87. The monoisotopic (exact) mass is 288 g/mol. The van der Waals surface area contributed by atoms with Crippen molar-refractivity contribution in [2.45, 2.75) is 19.6 Å². The highest BCUT2D eigenvalue weighted by atomic mass is 19.1. The first-order chi connectivity index (χ1) is 10.1. The molecule has 4 heteroatoms. The van der Waals surface area contributed by atoms with Crippen LogP contribution in [-0.4, -0.2) is 19.0 Å². The summed E-state index contributed by atoms with van der Waals surface area (Å²) in [6, 6.07) is 12.9. The summed E-state index contributed by atoms with van der Waals surface area (Å²) in [7, 11) is 1.61. The summed E-state index contributed by atoms with van der Waals surface area (Å²) < 4.78 is 23.5. The SMILES string of the molecule is COc1ccc(COC(C)C(=O)c2ccc(F)cc2)cc1. The van der Waals surface area contributed by atoms with Crippen molar-refractivity contribution >= 4 is 5.78 Å². The molecule has 2 rings (SSSR count). The largest absolute Gasteiger partial charge is 0.497 e. The van der Waals surface area contributed by atoms with Gasteiger partial charge in [-0.15, -0.1) is 0 Å². The van der Waals surface area contributed by atoms with Crippen LogP contribution < -0.4 is 4.74 Å². The molecule has 3 nitrogen and oxygen atoms in total. The third-order valence-electron chi connectivity index (χ3n) is 3.16. The third kappa shape index (κ3) is 4.13. The maximum absolute atomic E-state index is 12.8. The molecule has 0 aliphatic heterocycles. The number of ether oxygens (including phenoxy) is 2. The molecule has 0 aliphatic rings. The Morgan fingerprint density at radius 3 is 2.29 bits per heavy atom. The molecule has 110 valence electrons. The molecule has 1 unspecified atom stereocenters. The van der Waals surface area contributed by atoms with E-state index < -0.39 is 6.10 Å². The lowest BCUT2D eigenvalue weighted by Gasteiger charge is -2.12. The predicted octanol–water partition coefficient (Wildman–Crippen LogP) is 3.62. The summed E-state index contributed by atoms with van der Waals surface area (Å²) in [4.78, 5) is 12.1. The van der Waals surface area contributed by atoms with Crippen molar-refractivity contribution in [3.63, 3.8) is 0 Å². The number of hydrogen-bond acceptors (Lipinski definition) is 3. The van der Waals surface area contributed by atoms with Gasteiger partial charge in [0, 0.05) is 5.56 Å². The molecule has 0 fully saturated rings. The minimum Gasteiger partial charge on any atom is -0.497 e. The van der Waals surface area contributed by atoms with Gasteiger partial charge in [-0.25, -0.2) is 4.39 Å². The number of methoxy groups -OCH3 is 1. The van der Waals surface area contributed by atoms with Crippen LogP contribution in [0.5, 0.6) is 5.75 Å². The van der Waals surface area contributed by atoms with Crippen LogP contribution in [0.3, 0.4) is 0 Å². The fourth-order valence-electron chi connectivity index (χ4n) is 1.87. The zero-order valence-electron chi connectivity index (χ0n) is 12.0. The molecule has 0 saturated heterocycles. The van der Waals surface area contributed by atoms with Gasteiger partial charge in [0.05, 0.1) is 13.7 Å². The summed E-state index contributed by atoms with van der Waals surface area (Å²) in [5.41, 5.74) is 1.40. The maximum Gasteiger partial charge on any atom is 0.191 e. The molecule has 0 N–H and O–H groups in total. The topological polar surface area (TPSA) is 35.5 Å². The van der Waals surface area contributed by atoms with Gasteiger partial charge < -0.3 is 9.47 Å². The number of halogens is 1. The number of ketones is 1. The summed E-state index contributed by atoms with van der Waals surface area (Å²) in [6.07, 6.45) is -0.586. The van der Waals surface area contributed by atoms with Crippen LogP contribution >= 0.6 is 0 Å². The van der Waals surface area contributed by atoms with E-state index in [-0.39, 0.29) is 11.6 Å². The molecule has 0 bridgehead atoms. The first kappa shape index (κ1) is 15.2. The van der Waals surface area contributed by atoms with Gasteiger partial charge in [-0.1, -0.05) is 12.1 Å². The molecule has 0 amide bonds. The van der Waals surface area contributed by atoms with E-state index >= 15 is 0 Å². The Labute approximate surface area is 123 Å². The van der Waals surface area contributed by atoms with E-state index in [2.05, 4.69) is 0 Å². The van der Waals surface area contributed by atoms with E-state index in [0.717, 1.165) is 11.3 Å². The predicted molar refractivity (Wildman–Crippen MR) is 78.0 cm³/mol. The Morgan fingerprint density at radius 2 is 1.71 bits per heavy atom. The van der Waals surface area contributed by atoms with Crippen molar-refractivity contribution in [2.24, 2.45) is 0 Å². The van der Waals surface area contributed by atoms with E-state index in [0.29, 0.717) is 12.2 Å². The molecule has 0 saturated carbocycles. The molecule has 21 heavy (non-hydrogen) atoms. The average molecular weight is 288 g/mol. The van der Waals surface area contributed by atoms with Crippen molar-refractivity contribution < 1.29 is 18.7 Å². The van der Waals surface area contributed by atoms with Crippen LogP contribution in [0.2, 0.25) is 0 Å². The number of carbonyl (C=O) groups excluding carboxylic acids is 1. The van der Waals surface area contributed by atoms with Gasteiger partial charge in [-0.05, 0) is 48.9 Å². The molecular weight excluding hydrogens is 271 g/mol. The molecule has 0 radical (unpaired) electrons. The highest BCUT2D eigenvalue weighted by molar-refractivity contribution is 5.99. The van der Waals surface area contributed by atoms with Crippen molar-refractivity contribution in [3.8, 4) is 5.75 Å². The van der Waals surface area contributed by atoms with Gasteiger partial charge in [0.1, 0.15) is 17.7 Å². The minimum absolute atomic E-state index is 0.163. The number of Topliss-reactive ketones (excluding diaryl/α,β-unsaturated/α-hetero) is 1. The van der Waals surface area contributed by atoms with Crippen LogP contribution in [0.1, 0.15) is 22.8 Å². The fraction of sp³-hybridized carbons (Fsp3) is 0.235. The molecule has 0 aromatic heterocycles. The second kappa shape index (κ2) is 6.99. The van der Waals surface area contributed by atoms with E-state index in [9.17, 15) is 9.18 Å². The van der Waals surface area contributed by atoms with Crippen molar-refractivity contribution in [1.82, 2.24) is 0 Å². The zero-order valence-corrected chi connectivity index (χ0v) is 12.0. The lowest BCUT2D eigenvalue weighted by molar-refractivity contribution is 0.0412. The van der Waals surface area contributed by atoms with Gasteiger partial charge in [0.2, 0.25) is 0 Å². The third-order valence-corrected chi connectivity index (χ3v) is 3.16. The van der Waals surface area contributed by atoms with Crippen LogP contribution in [0.25, 0.3) is 0 Å². The molecule has 2 aromatic rings. The zero-order chi connectivity index (χ0) is 15.2. The summed E-state index contributed by atoms with van der Waals surface area (Å²) in [6.45, 7) is 2.02. The van der Waals surface area contributed by atoms with Gasteiger partial charge in [0.15, 0.2) is 5.78 Å². The standard InChI is InChI=1S/C17H17FO3/c1-12(17(19)14-5-7-15(18)8-6-14)21-11-13-3-9-16(20-2)10-4-13/h3-10,12H,11H2,1-2H3. The smallest absolute Gasteiger partial charge is 0.191 e.